The molecule has 1 aliphatic rings. The zero-order valence-electron chi connectivity index (χ0n) is 11.9. The van der Waals surface area contributed by atoms with Gasteiger partial charge in [-0.25, -0.2) is 0 Å². The number of benzene rings is 1. The summed E-state index contributed by atoms with van der Waals surface area (Å²) in [5.41, 5.74) is 8.24. The molecule has 4 nitrogen and oxygen atoms in total. The summed E-state index contributed by atoms with van der Waals surface area (Å²) in [5.74, 6) is 0.864. The van der Waals surface area contributed by atoms with Crippen LogP contribution in [0.4, 0.5) is 5.69 Å². The zero-order chi connectivity index (χ0) is 14.0. The van der Waals surface area contributed by atoms with Gasteiger partial charge >= 0.3 is 0 Å². The van der Waals surface area contributed by atoms with Gasteiger partial charge in [-0.2, -0.15) is 0 Å². The molecule has 1 saturated carbocycles. The van der Waals surface area contributed by atoms with Crippen LogP contribution < -0.4 is 15.8 Å². The summed E-state index contributed by atoms with van der Waals surface area (Å²) >= 11 is 0. The second-order valence-corrected chi connectivity index (χ2v) is 5.38. The number of carbonyl (C=O) groups is 1. The highest BCUT2D eigenvalue weighted by Gasteiger charge is 2.42. The van der Waals surface area contributed by atoms with Crippen molar-refractivity contribution in [2.45, 2.75) is 33.1 Å². The Morgan fingerprint density at radius 3 is 2.58 bits per heavy atom. The van der Waals surface area contributed by atoms with Crippen molar-refractivity contribution in [1.82, 2.24) is 0 Å². The Labute approximate surface area is 114 Å². The smallest absolute Gasteiger partial charge is 0.231 e. The molecule has 0 radical (unpaired) electrons. The van der Waals surface area contributed by atoms with Crippen molar-refractivity contribution in [2.75, 3.05) is 19.0 Å². The van der Waals surface area contributed by atoms with Crippen molar-refractivity contribution in [3.8, 4) is 5.75 Å². The van der Waals surface area contributed by atoms with Gasteiger partial charge in [-0.15, -0.1) is 0 Å². The van der Waals surface area contributed by atoms with E-state index in [0.29, 0.717) is 6.54 Å². The largest absolute Gasteiger partial charge is 0.496 e. The van der Waals surface area contributed by atoms with Crippen LogP contribution in [0.25, 0.3) is 0 Å². The molecule has 19 heavy (non-hydrogen) atoms. The Balaban J connectivity index is 2.22. The lowest BCUT2D eigenvalue weighted by molar-refractivity contribution is -0.129. The van der Waals surface area contributed by atoms with Crippen LogP contribution in [-0.4, -0.2) is 19.6 Å². The molecule has 0 saturated heterocycles. The first-order chi connectivity index (χ1) is 9.04. The number of carbonyl (C=O) groups excluding carboxylic acids is 1. The molecule has 1 fully saturated rings. The van der Waals surface area contributed by atoms with Crippen LogP contribution in [0, 0.1) is 19.3 Å². The molecule has 0 unspecified atom stereocenters. The van der Waals surface area contributed by atoms with Gasteiger partial charge in [-0.1, -0.05) is 12.5 Å². The Morgan fingerprint density at radius 2 is 2.11 bits per heavy atom. The van der Waals surface area contributed by atoms with Crippen LogP contribution in [0.2, 0.25) is 0 Å². The minimum absolute atomic E-state index is 0.0373. The van der Waals surface area contributed by atoms with E-state index in [1.807, 2.05) is 26.0 Å². The minimum Gasteiger partial charge on any atom is -0.496 e. The fourth-order valence-corrected chi connectivity index (χ4v) is 2.66. The molecule has 1 aromatic carbocycles. The summed E-state index contributed by atoms with van der Waals surface area (Å²) in [6.45, 7) is 4.36. The van der Waals surface area contributed by atoms with Gasteiger partial charge in [0.1, 0.15) is 5.75 Å². The van der Waals surface area contributed by atoms with Gasteiger partial charge in [0.15, 0.2) is 0 Å². The van der Waals surface area contributed by atoms with Gasteiger partial charge in [0.2, 0.25) is 5.91 Å². The van der Waals surface area contributed by atoms with Gasteiger partial charge in [0.05, 0.1) is 12.5 Å². The van der Waals surface area contributed by atoms with E-state index in [0.717, 1.165) is 41.8 Å². The molecule has 0 spiro atoms. The lowest BCUT2D eigenvalue weighted by atomic mass is 9.68. The highest BCUT2D eigenvalue weighted by atomic mass is 16.5. The predicted molar refractivity (Wildman–Crippen MR) is 76.4 cm³/mol. The van der Waals surface area contributed by atoms with Crippen molar-refractivity contribution in [3.63, 3.8) is 0 Å². The van der Waals surface area contributed by atoms with E-state index in [1.54, 1.807) is 7.11 Å². The zero-order valence-corrected chi connectivity index (χ0v) is 11.9. The standard InChI is InChI=1S/C15H22N2O2/c1-10-5-6-12(11(2)13(10)19-3)17-14(18)15(9-16)7-4-8-15/h5-6H,4,7-9,16H2,1-3H3,(H,17,18). The van der Waals surface area contributed by atoms with Gasteiger partial charge in [-0.05, 0) is 38.3 Å². The molecule has 1 aromatic rings. The second-order valence-electron chi connectivity index (χ2n) is 5.38. The van der Waals surface area contributed by atoms with Crippen LogP contribution in [0.3, 0.4) is 0 Å². The Hall–Kier alpha value is -1.55. The molecular weight excluding hydrogens is 240 g/mol. The number of hydrogen-bond acceptors (Lipinski definition) is 3. The molecule has 0 bridgehead atoms. The van der Waals surface area contributed by atoms with Crippen LogP contribution in [0.1, 0.15) is 30.4 Å². The summed E-state index contributed by atoms with van der Waals surface area (Å²) in [6, 6.07) is 3.88. The van der Waals surface area contributed by atoms with E-state index in [2.05, 4.69) is 5.32 Å². The number of aryl methyl sites for hydroxylation is 1. The van der Waals surface area contributed by atoms with Gasteiger partial charge < -0.3 is 15.8 Å². The number of hydrogen-bond donors (Lipinski definition) is 2. The minimum atomic E-state index is -0.357. The maximum atomic E-state index is 12.4. The van der Waals surface area contributed by atoms with Crippen molar-refractivity contribution in [2.24, 2.45) is 11.1 Å². The molecular formula is C15H22N2O2. The number of ether oxygens (including phenoxy) is 1. The fourth-order valence-electron chi connectivity index (χ4n) is 2.66. The Morgan fingerprint density at radius 1 is 1.42 bits per heavy atom. The number of amides is 1. The normalized spacial score (nSPS) is 16.6. The highest BCUT2D eigenvalue weighted by molar-refractivity contribution is 5.97. The van der Waals surface area contributed by atoms with Crippen LogP contribution in [-0.2, 0) is 4.79 Å². The Kier molecular flexibility index (Phi) is 3.80. The average molecular weight is 262 g/mol. The van der Waals surface area contributed by atoms with Crippen molar-refractivity contribution in [1.29, 1.82) is 0 Å². The van der Waals surface area contributed by atoms with Gasteiger partial charge in [0, 0.05) is 17.8 Å². The molecule has 0 heterocycles. The molecule has 2 rings (SSSR count). The van der Waals surface area contributed by atoms with Crippen molar-refractivity contribution < 1.29 is 9.53 Å². The number of nitrogens with two attached hydrogens (primary N) is 1. The first-order valence-corrected chi connectivity index (χ1v) is 6.70. The first-order valence-electron chi connectivity index (χ1n) is 6.70. The lowest BCUT2D eigenvalue weighted by Gasteiger charge is -2.39. The Bertz CT molecular complexity index is 488. The third-order valence-corrected chi connectivity index (χ3v) is 4.24. The summed E-state index contributed by atoms with van der Waals surface area (Å²) in [6.07, 6.45) is 2.86. The van der Waals surface area contributed by atoms with Crippen molar-refractivity contribution in [3.05, 3.63) is 23.3 Å². The summed E-state index contributed by atoms with van der Waals surface area (Å²) < 4.78 is 5.37. The monoisotopic (exact) mass is 262 g/mol. The molecule has 104 valence electrons. The second kappa shape index (κ2) is 5.21. The number of nitrogens with one attached hydrogen (secondary N) is 1. The van der Waals surface area contributed by atoms with E-state index >= 15 is 0 Å². The van der Waals surface area contributed by atoms with E-state index in [-0.39, 0.29) is 11.3 Å². The third kappa shape index (κ3) is 2.32. The topological polar surface area (TPSA) is 64.3 Å². The van der Waals surface area contributed by atoms with Gasteiger partial charge in [-0.3, -0.25) is 4.79 Å². The van der Waals surface area contributed by atoms with E-state index in [4.69, 9.17) is 10.5 Å². The maximum absolute atomic E-state index is 12.4. The lowest BCUT2D eigenvalue weighted by Crippen LogP contribution is -2.47. The van der Waals surface area contributed by atoms with E-state index in [1.165, 1.54) is 0 Å². The first kappa shape index (κ1) is 13.9. The predicted octanol–water partition coefficient (Wildman–Crippen LogP) is 2.38. The summed E-state index contributed by atoms with van der Waals surface area (Å²) in [7, 11) is 1.65. The number of rotatable bonds is 4. The summed E-state index contributed by atoms with van der Waals surface area (Å²) in [5, 5.41) is 3.01. The molecule has 0 aromatic heterocycles. The molecule has 4 heteroatoms. The maximum Gasteiger partial charge on any atom is 0.231 e. The van der Waals surface area contributed by atoms with Crippen LogP contribution in [0.15, 0.2) is 12.1 Å². The van der Waals surface area contributed by atoms with Crippen LogP contribution in [0.5, 0.6) is 5.75 Å². The molecule has 1 amide bonds. The SMILES string of the molecule is COc1c(C)ccc(NC(=O)C2(CN)CCC2)c1C. The van der Waals surface area contributed by atoms with Crippen LogP contribution >= 0.6 is 0 Å². The van der Waals surface area contributed by atoms with Crippen molar-refractivity contribution >= 4 is 11.6 Å². The quantitative estimate of drug-likeness (QED) is 0.875. The van der Waals surface area contributed by atoms with E-state index in [9.17, 15) is 4.79 Å². The number of methoxy groups -OCH3 is 1. The van der Waals surface area contributed by atoms with Gasteiger partial charge in [0.25, 0.3) is 0 Å². The number of anilines is 1. The van der Waals surface area contributed by atoms with E-state index < -0.39 is 0 Å². The molecule has 1 aliphatic carbocycles. The highest BCUT2D eigenvalue weighted by Crippen LogP contribution is 2.41. The fraction of sp³-hybridized carbons (Fsp3) is 0.533. The average Bonchev–Trinajstić information content (AvgIpc) is 2.33. The molecule has 0 atom stereocenters. The third-order valence-electron chi connectivity index (χ3n) is 4.24. The summed E-state index contributed by atoms with van der Waals surface area (Å²) in [4.78, 5) is 12.4. The molecule has 0 aliphatic heterocycles. The molecule has 3 N–H and O–H groups in total.